The fourth-order valence-electron chi connectivity index (χ4n) is 3.11. The first-order valence-corrected chi connectivity index (χ1v) is 10.9. The topological polar surface area (TPSA) is 139 Å². The molecule has 2 N–H and O–H groups in total. The lowest BCUT2D eigenvalue weighted by molar-refractivity contribution is -0.384. The van der Waals surface area contributed by atoms with Crippen LogP contribution in [0.15, 0.2) is 48.5 Å². The molecule has 1 atom stereocenters. The number of non-ortho nitro benzene ring substituents is 1. The van der Waals surface area contributed by atoms with Gasteiger partial charge >= 0.3 is 6.03 Å². The van der Waals surface area contributed by atoms with Crippen LogP contribution in [0, 0.1) is 10.1 Å². The summed E-state index contributed by atoms with van der Waals surface area (Å²) in [5.74, 6) is -0.347. The first-order chi connectivity index (χ1) is 14.1. The summed E-state index contributed by atoms with van der Waals surface area (Å²) in [5.41, 5.74) is 1.93. The molecular formula is C19H20N4O6S. The highest BCUT2D eigenvalue weighted by molar-refractivity contribution is 7.92. The first-order valence-electron chi connectivity index (χ1n) is 9.04. The van der Waals surface area contributed by atoms with Crippen molar-refractivity contribution < 1.29 is 22.9 Å². The molecule has 3 amide bonds. The molecule has 1 aliphatic rings. The van der Waals surface area contributed by atoms with Crippen LogP contribution in [-0.4, -0.2) is 49.0 Å². The number of nitro benzene ring substituents is 1. The Hall–Kier alpha value is -3.47. The molecule has 1 aliphatic heterocycles. The predicted molar refractivity (Wildman–Crippen MR) is 109 cm³/mol. The van der Waals surface area contributed by atoms with Crippen molar-refractivity contribution in [2.75, 3.05) is 17.5 Å². The zero-order chi connectivity index (χ0) is 21.9. The van der Waals surface area contributed by atoms with Crippen LogP contribution in [0.3, 0.4) is 0 Å². The van der Waals surface area contributed by atoms with Crippen molar-refractivity contribution in [3.8, 4) is 0 Å². The SMILES string of the molecule is CS(=O)(=O)Nc1ccc(C[C@H]2NC(=O)N(CCc3ccc([N+](=O)[O-])cc3)C2=O)cc1. The molecule has 0 saturated carbocycles. The Morgan fingerprint density at radius 3 is 2.23 bits per heavy atom. The number of anilines is 1. The van der Waals surface area contributed by atoms with E-state index < -0.39 is 27.0 Å². The van der Waals surface area contributed by atoms with Crippen molar-refractivity contribution in [1.29, 1.82) is 0 Å². The molecule has 30 heavy (non-hydrogen) atoms. The van der Waals surface area contributed by atoms with Crippen LogP contribution in [0.2, 0.25) is 0 Å². The molecule has 0 radical (unpaired) electrons. The van der Waals surface area contributed by atoms with Crippen molar-refractivity contribution in [3.63, 3.8) is 0 Å². The van der Waals surface area contributed by atoms with Gasteiger partial charge in [-0.2, -0.15) is 0 Å². The maximum Gasteiger partial charge on any atom is 0.324 e. The third-order valence-corrected chi connectivity index (χ3v) is 5.18. The van der Waals surface area contributed by atoms with Crippen LogP contribution >= 0.6 is 0 Å². The molecule has 1 fully saturated rings. The quantitative estimate of drug-likeness (QED) is 0.370. The Bertz CT molecular complexity index is 1070. The highest BCUT2D eigenvalue weighted by Gasteiger charge is 2.37. The number of rotatable bonds is 8. The third kappa shape index (κ3) is 5.32. The Labute approximate surface area is 173 Å². The minimum Gasteiger partial charge on any atom is -0.325 e. The second-order valence-corrected chi connectivity index (χ2v) is 8.69. The Morgan fingerprint density at radius 2 is 1.67 bits per heavy atom. The molecule has 1 saturated heterocycles. The molecule has 2 aromatic rings. The minimum atomic E-state index is -3.37. The summed E-state index contributed by atoms with van der Waals surface area (Å²) in [6, 6.07) is 11.3. The standard InChI is InChI=1S/C19H20N4O6S/c1-30(28,29)21-15-6-2-14(3-7-15)12-17-18(24)22(19(25)20-17)11-10-13-4-8-16(9-5-13)23(26)27/h2-9,17,21H,10-12H2,1H3,(H,20,25)/t17-/m1/s1. The number of amides is 3. The summed E-state index contributed by atoms with van der Waals surface area (Å²) in [5, 5.41) is 13.4. The number of hydrogen-bond acceptors (Lipinski definition) is 6. The molecule has 0 aliphatic carbocycles. The zero-order valence-corrected chi connectivity index (χ0v) is 16.9. The number of benzene rings is 2. The number of imide groups is 1. The van der Waals surface area contributed by atoms with E-state index in [-0.39, 0.29) is 24.6 Å². The van der Waals surface area contributed by atoms with E-state index in [0.717, 1.165) is 22.3 Å². The van der Waals surface area contributed by atoms with E-state index in [2.05, 4.69) is 10.0 Å². The molecule has 0 unspecified atom stereocenters. The number of sulfonamides is 1. The summed E-state index contributed by atoms with van der Waals surface area (Å²) < 4.78 is 24.9. The molecule has 2 aromatic carbocycles. The monoisotopic (exact) mass is 432 g/mol. The minimum absolute atomic E-state index is 0.0217. The lowest BCUT2D eigenvalue weighted by Gasteiger charge is -2.13. The van der Waals surface area contributed by atoms with Gasteiger partial charge in [0.2, 0.25) is 10.0 Å². The van der Waals surface area contributed by atoms with E-state index in [4.69, 9.17) is 0 Å². The molecule has 11 heteroatoms. The first kappa shape index (κ1) is 21.2. The number of hydrogen-bond donors (Lipinski definition) is 2. The van der Waals surface area contributed by atoms with E-state index in [9.17, 15) is 28.1 Å². The normalized spacial score (nSPS) is 16.4. The second-order valence-electron chi connectivity index (χ2n) is 6.94. The molecule has 0 aromatic heterocycles. The number of carbonyl (C=O) groups is 2. The molecule has 1 heterocycles. The fraction of sp³-hybridized carbons (Fsp3) is 0.263. The number of nitro groups is 1. The van der Waals surface area contributed by atoms with Gasteiger partial charge in [0.15, 0.2) is 0 Å². The summed E-state index contributed by atoms with van der Waals surface area (Å²) in [7, 11) is -3.37. The maximum atomic E-state index is 12.6. The van der Waals surface area contributed by atoms with Gasteiger partial charge in [0.25, 0.3) is 11.6 Å². The van der Waals surface area contributed by atoms with Crippen LogP contribution in [0.4, 0.5) is 16.2 Å². The molecule has 158 valence electrons. The van der Waals surface area contributed by atoms with Gasteiger partial charge in [-0.3, -0.25) is 24.5 Å². The number of urea groups is 1. The molecule has 0 spiro atoms. The van der Waals surface area contributed by atoms with Crippen LogP contribution in [0.25, 0.3) is 0 Å². The second kappa shape index (κ2) is 8.49. The van der Waals surface area contributed by atoms with E-state index in [0.29, 0.717) is 12.1 Å². The zero-order valence-electron chi connectivity index (χ0n) is 16.1. The largest absolute Gasteiger partial charge is 0.325 e. The summed E-state index contributed by atoms with van der Waals surface area (Å²) >= 11 is 0. The van der Waals surface area contributed by atoms with Crippen molar-refractivity contribution in [3.05, 3.63) is 69.8 Å². The highest BCUT2D eigenvalue weighted by Crippen LogP contribution is 2.17. The third-order valence-electron chi connectivity index (χ3n) is 4.58. The van der Waals surface area contributed by atoms with Gasteiger partial charge in [-0.25, -0.2) is 13.2 Å². The number of nitrogens with one attached hydrogen (secondary N) is 2. The smallest absolute Gasteiger partial charge is 0.324 e. The number of carbonyl (C=O) groups excluding carboxylic acids is 2. The van der Waals surface area contributed by atoms with Crippen LogP contribution in [0.1, 0.15) is 11.1 Å². The number of nitrogens with zero attached hydrogens (tertiary/aromatic N) is 2. The summed E-state index contributed by atoms with van der Waals surface area (Å²) in [6.45, 7) is 0.163. The molecule has 10 nitrogen and oxygen atoms in total. The molecular weight excluding hydrogens is 412 g/mol. The van der Waals surface area contributed by atoms with Crippen molar-refractivity contribution in [1.82, 2.24) is 10.2 Å². The average Bonchev–Trinajstić information content (AvgIpc) is 2.94. The van der Waals surface area contributed by atoms with Gasteiger partial charge in [0.1, 0.15) is 6.04 Å². The molecule has 0 bridgehead atoms. The van der Waals surface area contributed by atoms with Crippen LogP contribution < -0.4 is 10.0 Å². The van der Waals surface area contributed by atoms with Crippen LogP contribution in [-0.2, 0) is 27.7 Å². The Balaban J connectivity index is 1.58. The van der Waals surface area contributed by atoms with E-state index in [1.54, 1.807) is 36.4 Å². The van der Waals surface area contributed by atoms with Crippen molar-refractivity contribution >= 4 is 33.3 Å². The lowest BCUT2D eigenvalue weighted by atomic mass is 10.1. The average molecular weight is 432 g/mol. The summed E-state index contributed by atoms with van der Waals surface area (Å²) in [4.78, 5) is 36.1. The fourth-order valence-corrected chi connectivity index (χ4v) is 3.68. The van der Waals surface area contributed by atoms with Crippen molar-refractivity contribution in [2.45, 2.75) is 18.9 Å². The summed E-state index contributed by atoms with van der Waals surface area (Å²) in [6.07, 6.45) is 1.71. The maximum absolute atomic E-state index is 12.6. The van der Waals surface area contributed by atoms with E-state index in [1.807, 2.05) is 0 Å². The van der Waals surface area contributed by atoms with Crippen LogP contribution in [0.5, 0.6) is 0 Å². The highest BCUT2D eigenvalue weighted by atomic mass is 32.2. The van der Waals surface area contributed by atoms with Crippen molar-refractivity contribution in [2.24, 2.45) is 0 Å². The van der Waals surface area contributed by atoms with Gasteiger partial charge in [0, 0.05) is 30.8 Å². The van der Waals surface area contributed by atoms with Gasteiger partial charge in [0.05, 0.1) is 11.2 Å². The Kier molecular flexibility index (Phi) is 6.01. The van der Waals surface area contributed by atoms with Gasteiger partial charge in [-0.15, -0.1) is 0 Å². The van der Waals surface area contributed by atoms with Gasteiger partial charge in [-0.05, 0) is 29.7 Å². The molecule has 3 rings (SSSR count). The van der Waals surface area contributed by atoms with Gasteiger partial charge in [-0.1, -0.05) is 24.3 Å². The van der Waals surface area contributed by atoms with E-state index >= 15 is 0 Å². The lowest BCUT2D eigenvalue weighted by Crippen LogP contribution is -2.33. The predicted octanol–water partition coefficient (Wildman–Crippen LogP) is 1.67. The van der Waals surface area contributed by atoms with E-state index in [1.165, 1.54) is 12.1 Å². The van der Waals surface area contributed by atoms with Gasteiger partial charge < -0.3 is 5.32 Å². The Morgan fingerprint density at radius 1 is 1.07 bits per heavy atom.